The Morgan fingerprint density at radius 3 is 2.69 bits per heavy atom. The van der Waals surface area contributed by atoms with Crippen LogP contribution in [0.4, 0.5) is 17.2 Å². The Labute approximate surface area is 155 Å². The Bertz CT molecular complexity index is 1010. The van der Waals surface area contributed by atoms with Crippen LogP contribution in [0.3, 0.4) is 0 Å². The molecule has 7 heteroatoms. The van der Waals surface area contributed by atoms with Gasteiger partial charge in [-0.1, -0.05) is 23.7 Å². The van der Waals surface area contributed by atoms with Crippen molar-refractivity contribution >= 4 is 34.7 Å². The number of aromatic nitrogens is 2. The topological polar surface area (TPSA) is 90.7 Å². The minimum absolute atomic E-state index is 0.182. The highest BCUT2D eigenvalue weighted by atomic mass is 35.5. The fourth-order valence-electron chi connectivity index (χ4n) is 2.33. The van der Waals surface area contributed by atoms with E-state index in [1.807, 2.05) is 25.1 Å². The van der Waals surface area contributed by atoms with E-state index in [-0.39, 0.29) is 5.69 Å². The smallest absolute Gasteiger partial charge is 0.274 e. The maximum atomic E-state index is 12.4. The molecule has 26 heavy (non-hydrogen) atoms. The normalized spacial score (nSPS) is 10.0. The second kappa shape index (κ2) is 7.64. The summed E-state index contributed by atoms with van der Waals surface area (Å²) in [7, 11) is 0. The van der Waals surface area contributed by atoms with E-state index in [2.05, 4.69) is 20.6 Å². The molecule has 3 rings (SSSR count). The van der Waals surface area contributed by atoms with Crippen LogP contribution in [0.15, 0.2) is 54.9 Å². The largest absolute Gasteiger partial charge is 0.340 e. The standard InChI is InChI=1S/C19H14ClN5O/c1-12-8-14(20)6-7-15(12)24-18-9-17(22-11-23-18)19(26)25-16-5-3-2-4-13(16)10-21/h2-9,11H,1H3,(H,25,26)(H,22,23,24). The van der Waals surface area contributed by atoms with Crippen LogP contribution in [0.1, 0.15) is 21.6 Å². The molecule has 0 fully saturated rings. The summed E-state index contributed by atoms with van der Waals surface area (Å²) >= 11 is 5.96. The van der Waals surface area contributed by atoms with Crippen LogP contribution in [0.2, 0.25) is 5.02 Å². The molecular formula is C19H14ClN5O. The molecule has 2 aromatic carbocycles. The van der Waals surface area contributed by atoms with Gasteiger partial charge in [0.15, 0.2) is 0 Å². The van der Waals surface area contributed by atoms with E-state index in [9.17, 15) is 4.79 Å². The number of carbonyl (C=O) groups is 1. The van der Waals surface area contributed by atoms with Gasteiger partial charge in [-0.3, -0.25) is 4.79 Å². The van der Waals surface area contributed by atoms with E-state index in [1.165, 1.54) is 6.33 Å². The van der Waals surface area contributed by atoms with Crippen LogP contribution in [-0.4, -0.2) is 15.9 Å². The molecule has 2 N–H and O–H groups in total. The van der Waals surface area contributed by atoms with Crippen molar-refractivity contribution in [1.82, 2.24) is 9.97 Å². The third-order valence-electron chi connectivity index (χ3n) is 3.65. The minimum Gasteiger partial charge on any atom is -0.340 e. The summed E-state index contributed by atoms with van der Waals surface area (Å²) in [6.45, 7) is 1.92. The molecule has 0 saturated carbocycles. The predicted molar refractivity (Wildman–Crippen MR) is 101 cm³/mol. The molecule has 0 bridgehead atoms. The molecule has 0 spiro atoms. The van der Waals surface area contributed by atoms with Gasteiger partial charge in [0.25, 0.3) is 5.91 Å². The number of nitriles is 1. The zero-order chi connectivity index (χ0) is 18.5. The number of nitrogens with zero attached hydrogens (tertiary/aromatic N) is 3. The summed E-state index contributed by atoms with van der Waals surface area (Å²) in [4.78, 5) is 20.6. The molecule has 0 radical (unpaired) electrons. The van der Waals surface area contributed by atoms with Crippen molar-refractivity contribution in [1.29, 1.82) is 5.26 Å². The first-order valence-corrected chi connectivity index (χ1v) is 8.10. The third-order valence-corrected chi connectivity index (χ3v) is 3.88. The highest BCUT2D eigenvalue weighted by molar-refractivity contribution is 6.30. The Hall–Kier alpha value is -3.43. The van der Waals surface area contributed by atoms with Crippen LogP contribution in [0.5, 0.6) is 0 Å². The summed E-state index contributed by atoms with van der Waals surface area (Å²) in [5.41, 5.74) is 2.77. The molecule has 0 saturated heterocycles. The van der Waals surface area contributed by atoms with E-state index >= 15 is 0 Å². The van der Waals surface area contributed by atoms with Crippen LogP contribution in [-0.2, 0) is 0 Å². The van der Waals surface area contributed by atoms with Crippen molar-refractivity contribution in [3.8, 4) is 6.07 Å². The van der Waals surface area contributed by atoms with Crippen molar-refractivity contribution in [3.63, 3.8) is 0 Å². The first-order valence-electron chi connectivity index (χ1n) is 7.72. The molecule has 0 aliphatic carbocycles. The average Bonchev–Trinajstić information content (AvgIpc) is 2.65. The highest BCUT2D eigenvalue weighted by Crippen LogP contribution is 2.23. The number of carbonyl (C=O) groups excluding carboxylic acids is 1. The van der Waals surface area contributed by atoms with Crippen molar-refractivity contribution in [2.75, 3.05) is 10.6 Å². The number of benzene rings is 2. The number of para-hydroxylation sites is 1. The lowest BCUT2D eigenvalue weighted by atomic mass is 10.2. The number of hydrogen-bond donors (Lipinski definition) is 2. The molecule has 0 unspecified atom stereocenters. The van der Waals surface area contributed by atoms with E-state index in [0.29, 0.717) is 22.1 Å². The summed E-state index contributed by atoms with van der Waals surface area (Å²) in [5, 5.41) is 15.6. The first kappa shape index (κ1) is 17.4. The van der Waals surface area contributed by atoms with Crippen molar-refractivity contribution < 1.29 is 4.79 Å². The molecule has 0 aliphatic heterocycles. The molecule has 0 aliphatic rings. The van der Waals surface area contributed by atoms with Gasteiger partial charge < -0.3 is 10.6 Å². The van der Waals surface area contributed by atoms with Gasteiger partial charge in [0.05, 0.1) is 11.3 Å². The number of rotatable bonds is 4. The number of hydrogen-bond acceptors (Lipinski definition) is 5. The number of nitrogens with one attached hydrogen (secondary N) is 2. The second-order valence-corrected chi connectivity index (χ2v) is 5.92. The van der Waals surface area contributed by atoms with E-state index in [4.69, 9.17) is 16.9 Å². The summed E-state index contributed by atoms with van der Waals surface area (Å²) < 4.78 is 0. The third kappa shape index (κ3) is 3.97. The fraction of sp³-hybridized carbons (Fsp3) is 0.0526. The van der Waals surface area contributed by atoms with Crippen molar-refractivity contribution in [2.24, 2.45) is 0 Å². The lowest BCUT2D eigenvalue weighted by molar-refractivity contribution is 0.102. The van der Waals surface area contributed by atoms with Crippen LogP contribution < -0.4 is 10.6 Å². The molecule has 0 atom stereocenters. The molecule has 1 heterocycles. The van der Waals surface area contributed by atoms with Gasteiger partial charge in [-0.15, -0.1) is 0 Å². The molecule has 1 amide bonds. The van der Waals surface area contributed by atoms with Crippen LogP contribution in [0, 0.1) is 18.3 Å². The maximum Gasteiger partial charge on any atom is 0.274 e. The Balaban J connectivity index is 1.80. The van der Waals surface area contributed by atoms with Gasteiger partial charge in [0.2, 0.25) is 0 Å². The highest BCUT2D eigenvalue weighted by Gasteiger charge is 2.12. The fourth-order valence-corrected chi connectivity index (χ4v) is 2.56. The van der Waals surface area contributed by atoms with Gasteiger partial charge in [-0.25, -0.2) is 9.97 Å². The van der Waals surface area contributed by atoms with Gasteiger partial charge in [0, 0.05) is 16.8 Å². The average molecular weight is 364 g/mol. The summed E-state index contributed by atoms with van der Waals surface area (Å²) in [6.07, 6.45) is 1.30. The predicted octanol–water partition coefficient (Wildman–Crippen LogP) is 4.31. The molecule has 6 nitrogen and oxygen atoms in total. The zero-order valence-electron chi connectivity index (χ0n) is 13.8. The molecular weight excluding hydrogens is 350 g/mol. The summed E-state index contributed by atoms with van der Waals surface area (Å²) in [6, 6.07) is 15.8. The van der Waals surface area contributed by atoms with E-state index in [1.54, 1.807) is 36.4 Å². The molecule has 128 valence electrons. The van der Waals surface area contributed by atoms with Crippen LogP contribution >= 0.6 is 11.6 Å². The number of anilines is 3. The molecule has 3 aromatic rings. The zero-order valence-corrected chi connectivity index (χ0v) is 14.6. The Morgan fingerprint density at radius 2 is 1.92 bits per heavy atom. The van der Waals surface area contributed by atoms with Gasteiger partial charge >= 0.3 is 0 Å². The van der Waals surface area contributed by atoms with E-state index < -0.39 is 5.91 Å². The van der Waals surface area contributed by atoms with Gasteiger partial charge in [0.1, 0.15) is 23.9 Å². The SMILES string of the molecule is Cc1cc(Cl)ccc1Nc1cc(C(=O)Nc2ccccc2C#N)ncn1. The first-order chi connectivity index (χ1) is 12.6. The Kier molecular flexibility index (Phi) is 5.11. The molecule has 1 aromatic heterocycles. The number of halogens is 1. The van der Waals surface area contributed by atoms with E-state index in [0.717, 1.165) is 11.3 Å². The van der Waals surface area contributed by atoms with Crippen molar-refractivity contribution in [2.45, 2.75) is 6.92 Å². The lowest BCUT2D eigenvalue weighted by Crippen LogP contribution is -2.15. The van der Waals surface area contributed by atoms with Gasteiger partial charge in [-0.2, -0.15) is 5.26 Å². The number of aryl methyl sites for hydroxylation is 1. The quantitative estimate of drug-likeness (QED) is 0.720. The minimum atomic E-state index is -0.425. The van der Waals surface area contributed by atoms with Crippen molar-refractivity contribution in [3.05, 3.63) is 76.7 Å². The number of amides is 1. The Morgan fingerprint density at radius 1 is 1.12 bits per heavy atom. The van der Waals surface area contributed by atoms with Crippen LogP contribution in [0.25, 0.3) is 0 Å². The summed E-state index contributed by atoms with van der Waals surface area (Å²) in [5.74, 6) is 0.0510. The lowest BCUT2D eigenvalue weighted by Gasteiger charge is -2.10. The monoisotopic (exact) mass is 363 g/mol. The maximum absolute atomic E-state index is 12.4. The van der Waals surface area contributed by atoms with Gasteiger partial charge in [-0.05, 0) is 42.8 Å². The second-order valence-electron chi connectivity index (χ2n) is 5.48.